The first-order valence-electron chi connectivity index (χ1n) is 7.10. The lowest BCUT2D eigenvalue weighted by Gasteiger charge is -2.35. The Hall–Kier alpha value is -2.60. The van der Waals surface area contributed by atoms with Crippen molar-refractivity contribution in [3.63, 3.8) is 0 Å². The second-order valence-electron chi connectivity index (χ2n) is 5.24. The summed E-state index contributed by atoms with van der Waals surface area (Å²) < 4.78 is 13.2. The van der Waals surface area contributed by atoms with E-state index in [2.05, 4.69) is 11.0 Å². The lowest BCUT2D eigenvalue weighted by molar-refractivity contribution is 0.574. The summed E-state index contributed by atoms with van der Waals surface area (Å²) in [5.41, 5.74) is 2.09. The largest absolute Gasteiger partial charge is 0.243 e. The van der Waals surface area contributed by atoms with Gasteiger partial charge in [-0.2, -0.15) is 5.10 Å². The Morgan fingerprint density at radius 1 is 1.14 bits per heavy atom. The number of hydrogen-bond acceptors (Lipinski definition) is 2. The molecule has 0 aliphatic rings. The Morgan fingerprint density at radius 3 is 2.23 bits per heavy atom. The number of terminal acetylenes is 1. The van der Waals surface area contributed by atoms with Crippen molar-refractivity contribution in [3.8, 4) is 12.3 Å². The summed E-state index contributed by atoms with van der Waals surface area (Å²) in [4.78, 5) is 0. The third kappa shape index (κ3) is 3.01. The first kappa shape index (κ1) is 15.8. The number of aryl methyl sites for hydroxylation is 1. The Labute approximate surface area is 131 Å². The van der Waals surface area contributed by atoms with Crippen LogP contribution in [0.4, 0.5) is 10.1 Å². The monoisotopic (exact) mass is 294 g/mol. The molecule has 2 rings (SSSR count). The molecular formula is C19H19FN2. The average Bonchev–Trinajstić information content (AvgIpc) is 2.53. The standard InChI is InChI=1S/C19H19FN2/c1-5-19(4,16-9-7-15(3)8-10-16)22(21-6-2)18-13-11-17(20)12-14-18/h1,6-14H,2-4H3/b21-6-. The van der Waals surface area contributed by atoms with E-state index in [0.29, 0.717) is 0 Å². The summed E-state index contributed by atoms with van der Waals surface area (Å²) in [6.07, 6.45) is 7.51. The highest BCUT2D eigenvalue weighted by Gasteiger charge is 2.32. The van der Waals surface area contributed by atoms with Crippen molar-refractivity contribution in [3.05, 3.63) is 65.5 Å². The van der Waals surface area contributed by atoms with E-state index in [0.717, 1.165) is 16.8 Å². The highest BCUT2D eigenvalue weighted by atomic mass is 19.1. The number of hydrogen-bond donors (Lipinski definition) is 0. The van der Waals surface area contributed by atoms with Gasteiger partial charge in [0, 0.05) is 6.21 Å². The molecule has 3 heteroatoms. The van der Waals surface area contributed by atoms with Gasteiger partial charge in [0.05, 0.1) is 5.69 Å². The Bertz CT molecular complexity index is 696. The van der Waals surface area contributed by atoms with E-state index in [-0.39, 0.29) is 5.82 Å². The van der Waals surface area contributed by atoms with E-state index in [1.165, 1.54) is 12.1 Å². The highest BCUT2D eigenvalue weighted by molar-refractivity contribution is 5.61. The summed E-state index contributed by atoms with van der Waals surface area (Å²) in [6.45, 7) is 5.77. The Balaban J connectivity index is 2.54. The molecule has 2 nitrogen and oxygen atoms in total. The number of anilines is 1. The predicted molar refractivity (Wildman–Crippen MR) is 90.4 cm³/mol. The van der Waals surface area contributed by atoms with Crippen molar-refractivity contribution in [1.29, 1.82) is 0 Å². The highest BCUT2D eigenvalue weighted by Crippen LogP contribution is 2.33. The lowest BCUT2D eigenvalue weighted by atomic mass is 9.91. The third-order valence-corrected chi connectivity index (χ3v) is 3.62. The van der Waals surface area contributed by atoms with E-state index in [4.69, 9.17) is 6.42 Å². The molecule has 0 heterocycles. The average molecular weight is 294 g/mol. The topological polar surface area (TPSA) is 15.6 Å². The zero-order valence-corrected chi connectivity index (χ0v) is 13.0. The molecule has 1 unspecified atom stereocenters. The smallest absolute Gasteiger partial charge is 0.145 e. The van der Waals surface area contributed by atoms with Crippen LogP contribution in [-0.4, -0.2) is 6.21 Å². The van der Waals surface area contributed by atoms with Crippen molar-refractivity contribution in [2.75, 3.05) is 5.01 Å². The van der Waals surface area contributed by atoms with Crippen LogP contribution in [0, 0.1) is 25.1 Å². The van der Waals surface area contributed by atoms with Crippen molar-refractivity contribution in [2.24, 2.45) is 5.10 Å². The Morgan fingerprint density at radius 2 is 1.73 bits per heavy atom. The number of hydrazone groups is 1. The first-order chi connectivity index (χ1) is 10.5. The normalized spacial score (nSPS) is 13.6. The fourth-order valence-electron chi connectivity index (χ4n) is 2.28. The quantitative estimate of drug-likeness (QED) is 0.461. The zero-order chi connectivity index (χ0) is 16.2. The molecule has 22 heavy (non-hydrogen) atoms. The van der Waals surface area contributed by atoms with Gasteiger partial charge in [-0.1, -0.05) is 35.7 Å². The molecule has 0 aliphatic heterocycles. The van der Waals surface area contributed by atoms with Gasteiger partial charge in [0.1, 0.15) is 11.4 Å². The van der Waals surface area contributed by atoms with Crippen LogP contribution in [0.5, 0.6) is 0 Å². The molecule has 112 valence electrons. The minimum atomic E-state index is -0.766. The fourth-order valence-corrected chi connectivity index (χ4v) is 2.28. The summed E-state index contributed by atoms with van der Waals surface area (Å²) in [7, 11) is 0. The summed E-state index contributed by atoms with van der Waals surface area (Å²) in [5, 5.41) is 6.14. The molecule has 1 atom stereocenters. The van der Waals surface area contributed by atoms with Crippen LogP contribution in [0.3, 0.4) is 0 Å². The van der Waals surface area contributed by atoms with Gasteiger partial charge in [-0.3, -0.25) is 0 Å². The summed E-state index contributed by atoms with van der Waals surface area (Å²) >= 11 is 0. The van der Waals surface area contributed by atoms with Gasteiger partial charge in [-0.15, -0.1) is 6.42 Å². The number of nitrogens with zero attached hydrogens (tertiary/aromatic N) is 2. The van der Waals surface area contributed by atoms with E-state index in [1.54, 1.807) is 23.4 Å². The van der Waals surface area contributed by atoms with Gasteiger partial charge in [0.15, 0.2) is 0 Å². The van der Waals surface area contributed by atoms with E-state index in [1.807, 2.05) is 45.0 Å². The number of rotatable bonds is 4. The van der Waals surface area contributed by atoms with Crippen LogP contribution in [0.15, 0.2) is 53.6 Å². The third-order valence-electron chi connectivity index (χ3n) is 3.62. The molecule has 0 saturated heterocycles. The number of benzene rings is 2. The predicted octanol–water partition coefficient (Wildman–Crippen LogP) is 4.49. The van der Waals surface area contributed by atoms with E-state index >= 15 is 0 Å². The van der Waals surface area contributed by atoms with Crippen LogP contribution in [0.2, 0.25) is 0 Å². The van der Waals surface area contributed by atoms with Gasteiger partial charge in [0.25, 0.3) is 0 Å². The minimum Gasteiger partial charge on any atom is -0.243 e. The molecule has 0 radical (unpaired) electrons. The van der Waals surface area contributed by atoms with Crippen LogP contribution < -0.4 is 5.01 Å². The summed E-state index contributed by atoms with van der Waals surface area (Å²) in [5.74, 6) is 2.54. The molecule has 0 aliphatic carbocycles. The van der Waals surface area contributed by atoms with Crippen LogP contribution in [-0.2, 0) is 5.54 Å². The first-order valence-corrected chi connectivity index (χ1v) is 7.10. The summed E-state index contributed by atoms with van der Waals surface area (Å²) in [6, 6.07) is 14.2. The minimum absolute atomic E-state index is 0.290. The van der Waals surface area contributed by atoms with Gasteiger partial charge in [-0.05, 0) is 50.6 Å². The SMILES string of the molecule is C#CC(C)(c1ccc(C)cc1)N(/N=C\C)c1ccc(F)cc1. The molecule has 0 bridgehead atoms. The van der Waals surface area contributed by atoms with Crippen molar-refractivity contribution in [2.45, 2.75) is 26.3 Å². The molecule has 0 N–H and O–H groups in total. The Kier molecular flexibility index (Phi) is 4.62. The van der Waals surface area contributed by atoms with Crippen molar-refractivity contribution in [1.82, 2.24) is 0 Å². The zero-order valence-electron chi connectivity index (χ0n) is 13.0. The molecule has 0 fully saturated rings. The molecule has 2 aromatic rings. The maximum atomic E-state index is 13.2. The second-order valence-corrected chi connectivity index (χ2v) is 5.24. The molecule has 0 spiro atoms. The van der Waals surface area contributed by atoms with E-state index < -0.39 is 5.54 Å². The molecule has 0 aromatic heterocycles. The maximum Gasteiger partial charge on any atom is 0.145 e. The van der Waals surface area contributed by atoms with Crippen molar-refractivity contribution < 1.29 is 4.39 Å². The van der Waals surface area contributed by atoms with Gasteiger partial charge in [-0.25, -0.2) is 9.40 Å². The maximum absolute atomic E-state index is 13.2. The molecule has 2 aromatic carbocycles. The van der Waals surface area contributed by atoms with Gasteiger partial charge in [0.2, 0.25) is 0 Å². The lowest BCUT2D eigenvalue weighted by Crippen LogP contribution is -2.39. The van der Waals surface area contributed by atoms with Crippen LogP contribution in [0.25, 0.3) is 0 Å². The van der Waals surface area contributed by atoms with Gasteiger partial charge >= 0.3 is 0 Å². The van der Waals surface area contributed by atoms with E-state index in [9.17, 15) is 4.39 Å². The fraction of sp³-hybridized carbons (Fsp3) is 0.211. The van der Waals surface area contributed by atoms with Crippen molar-refractivity contribution >= 4 is 11.9 Å². The van der Waals surface area contributed by atoms with Gasteiger partial charge < -0.3 is 0 Å². The molecular weight excluding hydrogens is 275 g/mol. The number of halogens is 1. The molecule has 0 saturated carbocycles. The second kappa shape index (κ2) is 6.44. The molecule has 0 amide bonds. The van der Waals surface area contributed by atoms with Crippen LogP contribution in [0.1, 0.15) is 25.0 Å². The van der Waals surface area contributed by atoms with Crippen LogP contribution >= 0.6 is 0 Å².